The molecule has 1 amide bonds. The zero-order chi connectivity index (χ0) is 15.9. The number of halogens is 1. The van der Waals surface area contributed by atoms with Crippen molar-refractivity contribution in [1.82, 2.24) is 4.90 Å². The van der Waals surface area contributed by atoms with Crippen LogP contribution in [0.4, 0.5) is 5.69 Å². The van der Waals surface area contributed by atoms with Gasteiger partial charge in [0.25, 0.3) is 0 Å². The largest absolute Gasteiger partial charge is 0.493 e. The Morgan fingerprint density at radius 1 is 1.36 bits per heavy atom. The van der Waals surface area contributed by atoms with Gasteiger partial charge in [0.1, 0.15) is 5.88 Å². The molecule has 122 valence electrons. The molecule has 0 aliphatic carbocycles. The molecule has 1 saturated heterocycles. The first-order chi connectivity index (χ1) is 10.6. The van der Waals surface area contributed by atoms with Crippen molar-refractivity contribution < 1.29 is 14.3 Å². The van der Waals surface area contributed by atoms with Crippen molar-refractivity contribution in [3.05, 3.63) is 18.2 Å². The second-order valence-corrected chi connectivity index (χ2v) is 5.87. The summed E-state index contributed by atoms with van der Waals surface area (Å²) in [5.74, 6) is 1.55. The van der Waals surface area contributed by atoms with E-state index in [1.54, 1.807) is 25.3 Å². The summed E-state index contributed by atoms with van der Waals surface area (Å²) in [5.41, 5.74) is 0.657. The number of likely N-dealkylation sites (tertiary alicyclic amines) is 1. The van der Waals surface area contributed by atoms with Crippen LogP contribution in [0.25, 0.3) is 0 Å². The summed E-state index contributed by atoms with van der Waals surface area (Å²) in [7, 11) is 3.75. The monoisotopic (exact) mass is 326 g/mol. The normalized spacial score (nSPS) is 16.3. The van der Waals surface area contributed by atoms with Gasteiger partial charge in [-0.15, -0.1) is 11.6 Å². The zero-order valence-electron chi connectivity index (χ0n) is 13.1. The molecule has 5 nitrogen and oxygen atoms in total. The maximum atomic E-state index is 11.4. The van der Waals surface area contributed by atoms with E-state index in [1.807, 2.05) is 0 Å². The smallest absolute Gasteiger partial charge is 0.239 e. The minimum absolute atomic E-state index is 0.0716. The average molecular weight is 327 g/mol. The van der Waals surface area contributed by atoms with E-state index in [1.165, 1.54) is 0 Å². The number of benzene rings is 1. The van der Waals surface area contributed by atoms with Gasteiger partial charge in [-0.05, 0) is 51.0 Å². The second-order valence-electron chi connectivity index (χ2n) is 5.61. The van der Waals surface area contributed by atoms with E-state index in [9.17, 15) is 4.79 Å². The number of methoxy groups -OCH3 is 1. The quantitative estimate of drug-likeness (QED) is 0.816. The van der Waals surface area contributed by atoms with Crippen LogP contribution in [0.2, 0.25) is 0 Å². The molecule has 22 heavy (non-hydrogen) atoms. The number of carbonyl (C=O) groups excluding carboxylic acids is 1. The predicted molar refractivity (Wildman–Crippen MR) is 88.1 cm³/mol. The Bertz CT molecular complexity index is 502. The fourth-order valence-electron chi connectivity index (χ4n) is 2.50. The third-order valence-corrected chi connectivity index (χ3v) is 4.12. The van der Waals surface area contributed by atoms with E-state index >= 15 is 0 Å². The molecule has 1 fully saturated rings. The highest BCUT2D eigenvalue weighted by Crippen LogP contribution is 2.31. The average Bonchev–Trinajstić information content (AvgIpc) is 2.54. The van der Waals surface area contributed by atoms with Crippen LogP contribution in [0, 0.1) is 5.92 Å². The van der Waals surface area contributed by atoms with E-state index in [0.717, 1.165) is 25.9 Å². The third-order valence-electron chi connectivity index (χ3n) is 3.88. The van der Waals surface area contributed by atoms with Crippen molar-refractivity contribution in [1.29, 1.82) is 0 Å². The number of nitrogens with zero attached hydrogens (tertiary/aromatic N) is 1. The van der Waals surface area contributed by atoms with Crippen LogP contribution in [0.1, 0.15) is 12.8 Å². The van der Waals surface area contributed by atoms with Gasteiger partial charge in [-0.25, -0.2) is 0 Å². The highest BCUT2D eigenvalue weighted by molar-refractivity contribution is 6.29. The van der Waals surface area contributed by atoms with Crippen molar-refractivity contribution in [3.8, 4) is 11.5 Å². The third kappa shape index (κ3) is 4.78. The number of nitrogens with one attached hydrogen (secondary N) is 1. The van der Waals surface area contributed by atoms with Gasteiger partial charge in [0.2, 0.25) is 5.91 Å². The molecule has 0 unspecified atom stereocenters. The first kappa shape index (κ1) is 16.9. The minimum Gasteiger partial charge on any atom is -0.493 e. The summed E-state index contributed by atoms with van der Waals surface area (Å²) in [5, 5.41) is 2.71. The Hall–Kier alpha value is -1.46. The number of hydrogen-bond acceptors (Lipinski definition) is 4. The number of hydrogen-bond donors (Lipinski definition) is 1. The van der Waals surface area contributed by atoms with Crippen LogP contribution in [0.3, 0.4) is 0 Å². The molecule has 1 N–H and O–H groups in total. The van der Waals surface area contributed by atoms with E-state index in [0.29, 0.717) is 29.7 Å². The van der Waals surface area contributed by atoms with E-state index in [-0.39, 0.29) is 11.8 Å². The topological polar surface area (TPSA) is 50.8 Å². The fraction of sp³-hybridized carbons (Fsp3) is 0.562. The summed E-state index contributed by atoms with van der Waals surface area (Å²) in [4.78, 5) is 13.7. The molecule has 0 radical (unpaired) electrons. The van der Waals surface area contributed by atoms with Crippen LogP contribution in [0.15, 0.2) is 18.2 Å². The summed E-state index contributed by atoms with van der Waals surface area (Å²) in [6.45, 7) is 2.88. The lowest BCUT2D eigenvalue weighted by molar-refractivity contribution is -0.113. The molecule has 1 aliphatic heterocycles. The van der Waals surface area contributed by atoms with Crippen LogP contribution in [-0.4, -0.2) is 50.5 Å². The molecule has 0 aromatic heterocycles. The number of ether oxygens (including phenoxy) is 2. The Kier molecular flexibility index (Phi) is 6.34. The number of alkyl halides is 1. The number of piperidine rings is 1. The number of carbonyl (C=O) groups is 1. The lowest BCUT2D eigenvalue weighted by Gasteiger charge is -2.28. The van der Waals surface area contributed by atoms with Crippen LogP contribution in [0.5, 0.6) is 11.5 Å². The lowest BCUT2D eigenvalue weighted by atomic mass is 9.98. The first-order valence-electron chi connectivity index (χ1n) is 7.47. The zero-order valence-corrected chi connectivity index (χ0v) is 13.9. The van der Waals surface area contributed by atoms with Crippen molar-refractivity contribution >= 4 is 23.2 Å². The van der Waals surface area contributed by atoms with Gasteiger partial charge in [-0.1, -0.05) is 0 Å². The summed E-state index contributed by atoms with van der Waals surface area (Å²) in [6, 6.07) is 5.33. The molecule has 0 saturated carbocycles. The highest BCUT2D eigenvalue weighted by Gasteiger charge is 2.18. The van der Waals surface area contributed by atoms with Crippen molar-refractivity contribution in [2.24, 2.45) is 5.92 Å². The maximum Gasteiger partial charge on any atom is 0.239 e. The Labute approximate surface area is 136 Å². The van der Waals surface area contributed by atoms with Crippen LogP contribution >= 0.6 is 11.6 Å². The van der Waals surface area contributed by atoms with Gasteiger partial charge < -0.3 is 19.7 Å². The standard InChI is InChI=1S/C16H23ClN2O3/c1-19-7-5-12(6-8-19)11-22-15-9-13(18-16(20)10-17)3-4-14(15)21-2/h3-4,9,12H,5-8,10-11H2,1-2H3,(H,18,20). The molecular formula is C16H23ClN2O3. The summed E-state index contributed by atoms with van der Waals surface area (Å²) in [6.07, 6.45) is 2.28. The summed E-state index contributed by atoms with van der Waals surface area (Å²) >= 11 is 5.50. The Morgan fingerprint density at radius 3 is 2.73 bits per heavy atom. The number of anilines is 1. The SMILES string of the molecule is COc1ccc(NC(=O)CCl)cc1OCC1CCN(C)CC1. The molecule has 0 spiro atoms. The Morgan fingerprint density at radius 2 is 2.09 bits per heavy atom. The van der Waals surface area contributed by atoms with E-state index < -0.39 is 0 Å². The van der Waals surface area contributed by atoms with Crippen LogP contribution in [-0.2, 0) is 4.79 Å². The van der Waals surface area contributed by atoms with Crippen molar-refractivity contribution in [2.75, 3.05) is 45.1 Å². The van der Waals surface area contributed by atoms with Gasteiger partial charge in [0, 0.05) is 11.8 Å². The van der Waals surface area contributed by atoms with Gasteiger partial charge in [0.15, 0.2) is 11.5 Å². The minimum atomic E-state index is -0.242. The lowest BCUT2D eigenvalue weighted by Crippen LogP contribution is -2.32. The maximum absolute atomic E-state index is 11.4. The van der Waals surface area contributed by atoms with Gasteiger partial charge >= 0.3 is 0 Å². The highest BCUT2D eigenvalue weighted by atomic mass is 35.5. The van der Waals surface area contributed by atoms with E-state index in [2.05, 4.69) is 17.3 Å². The van der Waals surface area contributed by atoms with Gasteiger partial charge in [0.05, 0.1) is 13.7 Å². The Balaban J connectivity index is 1.98. The molecule has 1 aliphatic rings. The van der Waals surface area contributed by atoms with Gasteiger partial charge in [-0.3, -0.25) is 4.79 Å². The van der Waals surface area contributed by atoms with Crippen molar-refractivity contribution in [3.63, 3.8) is 0 Å². The second kappa shape index (κ2) is 8.25. The van der Waals surface area contributed by atoms with Gasteiger partial charge in [-0.2, -0.15) is 0 Å². The first-order valence-corrected chi connectivity index (χ1v) is 8.01. The molecule has 6 heteroatoms. The molecule has 2 rings (SSSR count). The molecule has 0 atom stereocenters. The summed E-state index contributed by atoms with van der Waals surface area (Å²) < 4.78 is 11.2. The molecular weight excluding hydrogens is 304 g/mol. The van der Waals surface area contributed by atoms with Crippen LogP contribution < -0.4 is 14.8 Å². The van der Waals surface area contributed by atoms with E-state index in [4.69, 9.17) is 21.1 Å². The fourth-order valence-corrected chi connectivity index (χ4v) is 2.56. The molecule has 1 aromatic rings. The molecule has 1 heterocycles. The van der Waals surface area contributed by atoms with Crippen molar-refractivity contribution in [2.45, 2.75) is 12.8 Å². The number of amides is 1. The molecule has 1 aromatic carbocycles. The molecule has 0 bridgehead atoms. The predicted octanol–water partition coefficient (Wildman–Crippen LogP) is 2.59. The number of rotatable bonds is 6.